The highest BCUT2D eigenvalue weighted by atomic mass is 32.1. The predicted octanol–water partition coefficient (Wildman–Crippen LogP) is 16.2. The van der Waals surface area contributed by atoms with Crippen LogP contribution in [-0.4, -0.2) is 19.5 Å². The van der Waals surface area contributed by atoms with Crippen LogP contribution < -0.4 is 0 Å². The third-order valence-electron chi connectivity index (χ3n) is 13.0. The first kappa shape index (κ1) is 36.1. The molecule has 10 aromatic carbocycles. The topological polar surface area (TPSA) is 56.7 Å². The maximum Gasteiger partial charge on any atom is 0.166 e. The lowest BCUT2D eigenvalue weighted by atomic mass is 10.0. The molecular weight excluding hydrogens is 813 g/mol. The van der Waals surface area contributed by atoms with Gasteiger partial charge < -0.3 is 8.98 Å². The van der Waals surface area contributed by atoms with E-state index in [1.807, 2.05) is 41.7 Å². The molecule has 302 valence electrons. The number of hydrogen-bond donors (Lipinski definition) is 0. The van der Waals surface area contributed by atoms with Crippen molar-refractivity contribution in [2.24, 2.45) is 0 Å². The zero-order valence-electron chi connectivity index (χ0n) is 34.7. The fourth-order valence-electron chi connectivity index (χ4n) is 9.98. The van der Waals surface area contributed by atoms with E-state index in [0.29, 0.717) is 17.5 Å². The number of nitrogens with zero attached hydrogens (tertiary/aromatic N) is 4. The van der Waals surface area contributed by atoms with E-state index in [-0.39, 0.29) is 0 Å². The summed E-state index contributed by atoms with van der Waals surface area (Å²) in [6, 6.07) is 73.3. The van der Waals surface area contributed by atoms with Crippen molar-refractivity contribution in [2.75, 3.05) is 0 Å². The standard InChI is InChI=1S/C59H34N4OS/c1-2-14-35(15-3-1)36-20-12-21-41(30-36)57-60-58(45-24-13-26-52-54(45)44-23-8-10-25-51(44)64-52)62-59(61-57)46-29-28-43-42-22-9-11-27-53(42)65-56(43)55(46)63-49-33-39-18-6-4-16-37(39)31-47(49)48-32-38-17-5-7-19-40(38)34-50(48)63/h1-34H. The molecule has 0 aliphatic heterocycles. The number of benzene rings is 10. The summed E-state index contributed by atoms with van der Waals surface area (Å²) < 4.78 is 11.3. The Labute approximate surface area is 376 Å². The molecule has 0 unspecified atom stereocenters. The van der Waals surface area contributed by atoms with E-state index in [2.05, 4.69) is 180 Å². The molecule has 0 aliphatic rings. The lowest BCUT2D eigenvalue weighted by Crippen LogP contribution is -2.04. The van der Waals surface area contributed by atoms with Crippen LogP contribution in [0.1, 0.15) is 0 Å². The molecule has 0 amide bonds. The molecule has 65 heavy (non-hydrogen) atoms. The molecule has 0 fully saturated rings. The van der Waals surface area contributed by atoms with Gasteiger partial charge >= 0.3 is 0 Å². The minimum absolute atomic E-state index is 0.578. The van der Waals surface area contributed by atoms with Crippen LogP contribution in [0.5, 0.6) is 0 Å². The highest BCUT2D eigenvalue weighted by molar-refractivity contribution is 7.26. The Morgan fingerprint density at radius 2 is 0.938 bits per heavy atom. The molecule has 14 aromatic rings. The van der Waals surface area contributed by atoms with Crippen LogP contribution in [0.4, 0.5) is 0 Å². The highest BCUT2D eigenvalue weighted by Crippen LogP contribution is 2.46. The van der Waals surface area contributed by atoms with E-state index in [4.69, 9.17) is 19.4 Å². The van der Waals surface area contributed by atoms with E-state index in [1.165, 1.54) is 52.5 Å². The first-order chi connectivity index (χ1) is 32.2. The van der Waals surface area contributed by atoms with Gasteiger partial charge in [-0.3, -0.25) is 0 Å². The number of rotatable bonds is 5. The molecule has 0 radical (unpaired) electrons. The van der Waals surface area contributed by atoms with Crippen LogP contribution in [-0.2, 0) is 0 Å². The van der Waals surface area contributed by atoms with Gasteiger partial charge in [0.2, 0.25) is 0 Å². The van der Waals surface area contributed by atoms with Crippen molar-refractivity contribution in [3.05, 3.63) is 206 Å². The molecule has 0 atom stereocenters. The van der Waals surface area contributed by atoms with Crippen molar-refractivity contribution in [2.45, 2.75) is 0 Å². The van der Waals surface area contributed by atoms with Gasteiger partial charge in [0, 0.05) is 53.7 Å². The SMILES string of the molecule is c1ccc(-c2cccc(-c3nc(-c4ccc5c(sc6ccccc65)c4-n4c5cc6ccccc6cc5c5cc6ccccc6cc54)nc(-c4cccc5oc6ccccc6c45)n3)c2)cc1. The van der Waals surface area contributed by atoms with Gasteiger partial charge in [-0.05, 0) is 87.3 Å². The second-order valence-electron chi connectivity index (χ2n) is 16.7. The molecule has 0 spiro atoms. The van der Waals surface area contributed by atoms with Crippen molar-refractivity contribution >= 4 is 96.8 Å². The van der Waals surface area contributed by atoms with Gasteiger partial charge in [0.05, 0.1) is 21.4 Å². The molecule has 0 N–H and O–H groups in total. The fraction of sp³-hybridized carbons (Fsp3) is 0. The minimum Gasteiger partial charge on any atom is -0.456 e. The Bertz CT molecular complexity index is 4160. The maximum atomic E-state index is 6.42. The normalized spacial score (nSPS) is 12.0. The maximum absolute atomic E-state index is 6.42. The Morgan fingerprint density at radius 3 is 1.69 bits per heavy atom. The molecule has 5 nitrogen and oxygen atoms in total. The summed E-state index contributed by atoms with van der Waals surface area (Å²) in [7, 11) is 0. The van der Waals surface area contributed by atoms with Crippen molar-refractivity contribution in [3.63, 3.8) is 0 Å². The third-order valence-corrected chi connectivity index (χ3v) is 14.2. The van der Waals surface area contributed by atoms with E-state index >= 15 is 0 Å². The quantitative estimate of drug-likeness (QED) is 0.173. The van der Waals surface area contributed by atoms with Crippen LogP contribution >= 0.6 is 11.3 Å². The molecule has 14 rings (SSSR count). The molecule has 6 heteroatoms. The number of hydrogen-bond acceptors (Lipinski definition) is 5. The second kappa shape index (κ2) is 14.0. The van der Waals surface area contributed by atoms with Gasteiger partial charge in [-0.1, -0.05) is 152 Å². The summed E-state index contributed by atoms with van der Waals surface area (Å²) in [6.07, 6.45) is 0. The molecule has 0 saturated heterocycles. The lowest BCUT2D eigenvalue weighted by molar-refractivity contribution is 0.669. The van der Waals surface area contributed by atoms with Crippen molar-refractivity contribution < 1.29 is 4.42 Å². The lowest BCUT2D eigenvalue weighted by Gasteiger charge is -2.16. The second-order valence-corrected chi connectivity index (χ2v) is 17.8. The van der Waals surface area contributed by atoms with Crippen molar-refractivity contribution in [3.8, 4) is 51.0 Å². The van der Waals surface area contributed by atoms with Crippen LogP contribution in [0, 0.1) is 0 Å². The van der Waals surface area contributed by atoms with Crippen LogP contribution in [0.15, 0.2) is 211 Å². The Morgan fingerprint density at radius 1 is 0.369 bits per heavy atom. The largest absolute Gasteiger partial charge is 0.456 e. The summed E-state index contributed by atoms with van der Waals surface area (Å²) in [5.74, 6) is 1.76. The molecule has 0 bridgehead atoms. The summed E-state index contributed by atoms with van der Waals surface area (Å²) in [4.78, 5) is 16.4. The highest BCUT2D eigenvalue weighted by Gasteiger charge is 2.25. The van der Waals surface area contributed by atoms with Crippen molar-refractivity contribution in [1.82, 2.24) is 19.5 Å². The Hall–Kier alpha value is -8.45. The predicted molar refractivity (Wildman–Crippen MR) is 271 cm³/mol. The average molecular weight is 847 g/mol. The minimum atomic E-state index is 0.578. The molecular formula is C59H34N4OS. The third kappa shape index (κ3) is 5.61. The number of fused-ring (bicyclic) bond motifs is 11. The van der Waals surface area contributed by atoms with Crippen LogP contribution in [0.2, 0.25) is 0 Å². The Balaban J connectivity index is 1.13. The summed E-state index contributed by atoms with van der Waals surface area (Å²) in [6.45, 7) is 0. The molecule has 0 aliphatic carbocycles. The number of aromatic nitrogens is 4. The van der Waals surface area contributed by atoms with Gasteiger partial charge in [0.25, 0.3) is 0 Å². The molecule has 4 heterocycles. The first-order valence-corrected chi connectivity index (χ1v) is 22.7. The Kier molecular flexibility index (Phi) is 7.79. The van der Waals surface area contributed by atoms with E-state index < -0.39 is 0 Å². The number of furan rings is 1. The average Bonchev–Trinajstić information content (AvgIpc) is 4.04. The summed E-state index contributed by atoms with van der Waals surface area (Å²) in [5.41, 5.74) is 9.82. The van der Waals surface area contributed by atoms with Crippen LogP contribution in [0.3, 0.4) is 0 Å². The van der Waals surface area contributed by atoms with Gasteiger partial charge in [-0.2, -0.15) is 0 Å². The number of para-hydroxylation sites is 1. The summed E-state index contributed by atoms with van der Waals surface area (Å²) >= 11 is 1.82. The summed E-state index contributed by atoms with van der Waals surface area (Å²) in [5, 5.41) is 11.6. The van der Waals surface area contributed by atoms with Crippen LogP contribution in [0.25, 0.3) is 136 Å². The number of thiophene rings is 1. The molecule has 0 saturated carbocycles. The fourth-order valence-corrected chi connectivity index (χ4v) is 11.2. The zero-order valence-corrected chi connectivity index (χ0v) is 35.6. The van der Waals surface area contributed by atoms with Gasteiger partial charge in [-0.25, -0.2) is 15.0 Å². The van der Waals surface area contributed by atoms with Crippen molar-refractivity contribution in [1.29, 1.82) is 0 Å². The zero-order chi connectivity index (χ0) is 42.6. The van der Waals surface area contributed by atoms with Gasteiger partial charge in [0.1, 0.15) is 11.2 Å². The van der Waals surface area contributed by atoms with Gasteiger partial charge in [-0.15, -0.1) is 11.3 Å². The monoisotopic (exact) mass is 846 g/mol. The van der Waals surface area contributed by atoms with E-state index in [0.717, 1.165) is 66.5 Å². The van der Waals surface area contributed by atoms with E-state index in [9.17, 15) is 0 Å². The first-order valence-electron chi connectivity index (χ1n) is 21.8. The van der Waals surface area contributed by atoms with E-state index in [1.54, 1.807) is 0 Å². The van der Waals surface area contributed by atoms with Gasteiger partial charge in [0.15, 0.2) is 17.5 Å². The molecule has 4 aromatic heterocycles. The smallest absolute Gasteiger partial charge is 0.166 e.